The maximum atomic E-state index is 12.8. The van der Waals surface area contributed by atoms with Crippen LogP contribution >= 0.6 is 0 Å². The van der Waals surface area contributed by atoms with Gasteiger partial charge in [-0.2, -0.15) is 0 Å². The van der Waals surface area contributed by atoms with Crippen molar-refractivity contribution in [3.8, 4) is 0 Å². The Labute approximate surface area is 126 Å². The first-order valence-electron chi connectivity index (χ1n) is 6.95. The van der Waals surface area contributed by atoms with Gasteiger partial charge in [0.05, 0.1) is 10.1 Å². The molecule has 0 aliphatic rings. The second-order valence-electron chi connectivity index (χ2n) is 5.76. The van der Waals surface area contributed by atoms with Gasteiger partial charge in [-0.3, -0.25) is 4.79 Å². The number of Topliss-reactive ketones (excluding diaryl/α,β-unsaturated/α-hetero) is 1. The van der Waals surface area contributed by atoms with Gasteiger partial charge in [-0.1, -0.05) is 31.5 Å². The predicted octanol–water partition coefficient (Wildman–Crippen LogP) is 2.59. The van der Waals surface area contributed by atoms with Crippen LogP contribution < -0.4 is 0 Å². The van der Waals surface area contributed by atoms with Crippen molar-refractivity contribution in [2.24, 2.45) is 11.8 Å². The topological polar surface area (TPSA) is 68.3 Å². The molecule has 0 heterocycles. The van der Waals surface area contributed by atoms with Gasteiger partial charge >= 0.3 is 0 Å². The van der Waals surface area contributed by atoms with Crippen molar-refractivity contribution in [2.75, 3.05) is 0 Å². The SMILES string of the molecule is CC(=O)C[C@@H]([C@H](C=O)C(C)C)S(=O)(=O)c1ccc(C)cc1. The summed E-state index contributed by atoms with van der Waals surface area (Å²) in [5.74, 6) is -1.07. The lowest BCUT2D eigenvalue weighted by molar-refractivity contribution is -0.117. The highest BCUT2D eigenvalue weighted by Gasteiger charge is 2.37. The molecule has 5 heteroatoms. The summed E-state index contributed by atoms with van der Waals surface area (Å²) in [6, 6.07) is 6.48. The van der Waals surface area contributed by atoms with Gasteiger partial charge in [-0.25, -0.2) is 8.42 Å². The maximum Gasteiger partial charge on any atom is 0.182 e. The zero-order valence-electron chi connectivity index (χ0n) is 12.9. The lowest BCUT2D eigenvalue weighted by Gasteiger charge is -2.25. The van der Waals surface area contributed by atoms with E-state index in [4.69, 9.17) is 0 Å². The molecule has 21 heavy (non-hydrogen) atoms. The van der Waals surface area contributed by atoms with E-state index in [2.05, 4.69) is 0 Å². The van der Waals surface area contributed by atoms with Crippen LogP contribution in [0.4, 0.5) is 0 Å². The van der Waals surface area contributed by atoms with E-state index in [9.17, 15) is 18.0 Å². The van der Waals surface area contributed by atoms with Crippen LogP contribution in [0.2, 0.25) is 0 Å². The highest BCUT2D eigenvalue weighted by molar-refractivity contribution is 7.92. The minimum absolute atomic E-state index is 0.141. The minimum Gasteiger partial charge on any atom is -0.303 e. The lowest BCUT2D eigenvalue weighted by atomic mass is 9.91. The fourth-order valence-electron chi connectivity index (χ4n) is 2.31. The number of hydrogen-bond donors (Lipinski definition) is 0. The number of ketones is 1. The lowest BCUT2D eigenvalue weighted by Crippen LogP contribution is -2.35. The fraction of sp³-hybridized carbons (Fsp3) is 0.500. The Morgan fingerprint density at radius 3 is 2.10 bits per heavy atom. The van der Waals surface area contributed by atoms with Crippen molar-refractivity contribution in [1.82, 2.24) is 0 Å². The smallest absolute Gasteiger partial charge is 0.182 e. The second kappa shape index (κ2) is 6.98. The van der Waals surface area contributed by atoms with E-state index in [1.165, 1.54) is 19.1 Å². The van der Waals surface area contributed by atoms with Crippen LogP contribution in [0.15, 0.2) is 29.2 Å². The fourth-order valence-corrected chi connectivity index (χ4v) is 4.42. The molecule has 0 fully saturated rings. The molecule has 0 saturated heterocycles. The Kier molecular flexibility index (Phi) is 5.84. The zero-order valence-corrected chi connectivity index (χ0v) is 13.7. The Bertz CT molecular complexity index is 600. The molecule has 116 valence electrons. The largest absolute Gasteiger partial charge is 0.303 e. The molecule has 0 radical (unpaired) electrons. The van der Waals surface area contributed by atoms with Gasteiger partial charge in [0.25, 0.3) is 0 Å². The third-order valence-corrected chi connectivity index (χ3v) is 5.80. The number of hydrogen-bond acceptors (Lipinski definition) is 4. The molecule has 1 rings (SSSR count). The molecule has 0 spiro atoms. The highest BCUT2D eigenvalue weighted by Crippen LogP contribution is 2.28. The monoisotopic (exact) mass is 310 g/mol. The summed E-state index contributed by atoms with van der Waals surface area (Å²) in [6.45, 7) is 6.79. The molecule has 1 aromatic rings. The molecule has 0 saturated carbocycles. The van der Waals surface area contributed by atoms with E-state index in [1.54, 1.807) is 26.0 Å². The van der Waals surface area contributed by atoms with Gasteiger partial charge < -0.3 is 4.79 Å². The molecular formula is C16H22O4S. The number of rotatable bonds is 7. The molecule has 0 aliphatic carbocycles. The first-order chi connectivity index (χ1) is 9.70. The third-order valence-electron chi connectivity index (χ3n) is 3.59. The summed E-state index contributed by atoms with van der Waals surface area (Å²) >= 11 is 0. The van der Waals surface area contributed by atoms with E-state index in [0.29, 0.717) is 6.29 Å². The number of benzene rings is 1. The summed E-state index contributed by atoms with van der Waals surface area (Å²) in [7, 11) is -3.72. The molecule has 0 aromatic heterocycles. The van der Waals surface area contributed by atoms with Gasteiger partial charge in [-0.15, -0.1) is 0 Å². The van der Waals surface area contributed by atoms with E-state index < -0.39 is 21.0 Å². The minimum atomic E-state index is -3.72. The number of aryl methyl sites for hydroxylation is 1. The zero-order chi connectivity index (χ0) is 16.2. The molecule has 0 bridgehead atoms. The Hall–Kier alpha value is -1.49. The normalized spacial score (nSPS) is 14.7. The van der Waals surface area contributed by atoms with Crippen LogP contribution in [0.3, 0.4) is 0 Å². The van der Waals surface area contributed by atoms with Gasteiger partial charge in [0, 0.05) is 12.3 Å². The van der Waals surface area contributed by atoms with Crippen molar-refractivity contribution >= 4 is 21.9 Å². The van der Waals surface area contributed by atoms with Crippen molar-refractivity contribution < 1.29 is 18.0 Å². The van der Waals surface area contributed by atoms with E-state index in [-0.39, 0.29) is 23.0 Å². The molecule has 0 N–H and O–H groups in total. The molecule has 2 atom stereocenters. The molecule has 4 nitrogen and oxygen atoms in total. The molecular weight excluding hydrogens is 288 g/mol. The Morgan fingerprint density at radius 2 is 1.71 bits per heavy atom. The van der Waals surface area contributed by atoms with Crippen molar-refractivity contribution in [3.63, 3.8) is 0 Å². The molecule has 0 unspecified atom stereocenters. The van der Waals surface area contributed by atoms with Gasteiger partial charge in [0.2, 0.25) is 0 Å². The molecule has 0 aliphatic heterocycles. The van der Waals surface area contributed by atoms with Gasteiger partial charge in [0.15, 0.2) is 9.84 Å². The van der Waals surface area contributed by atoms with Crippen molar-refractivity contribution in [3.05, 3.63) is 29.8 Å². The summed E-state index contributed by atoms with van der Waals surface area (Å²) in [6.07, 6.45) is 0.516. The first kappa shape index (κ1) is 17.6. The number of carbonyl (C=O) groups is 2. The van der Waals surface area contributed by atoms with Crippen LogP contribution in [0.1, 0.15) is 32.8 Å². The van der Waals surface area contributed by atoms with Crippen LogP contribution in [0, 0.1) is 18.8 Å². The highest BCUT2D eigenvalue weighted by atomic mass is 32.2. The molecule has 1 aromatic carbocycles. The quantitative estimate of drug-likeness (QED) is 0.726. The van der Waals surface area contributed by atoms with Crippen LogP contribution in [0.25, 0.3) is 0 Å². The maximum absolute atomic E-state index is 12.8. The van der Waals surface area contributed by atoms with E-state index in [1.807, 2.05) is 6.92 Å². The van der Waals surface area contributed by atoms with Crippen molar-refractivity contribution in [2.45, 2.75) is 44.3 Å². The predicted molar refractivity (Wildman–Crippen MR) is 81.8 cm³/mol. The Balaban J connectivity index is 3.32. The number of aldehydes is 1. The Morgan fingerprint density at radius 1 is 1.19 bits per heavy atom. The average molecular weight is 310 g/mol. The van der Waals surface area contributed by atoms with Gasteiger partial charge in [0.1, 0.15) is 12.1 Å². The van der Waals surface area contributed by atoms with Crippen LogP contribution in [-0.2, 0) is 19.4 Å². The molecule has 0 amide bonds. The standard InChI is InChI=1S/C16H22O4S/c1-11(2)15(10-17)16(9-13(4)18)21(19,20)14-7-5-12(3)6-8-14/h5-8,10-11,15-16H,9H2,1-4H3/t15-,16+/m1/s1. The summed E-state index contributed by atoms with van der Waals surface area (Å²) in [5.41, 5.74) is 0.952. The van der Waals surface area contributed by atoms with Gasteiger partial charge in [-0.05, 0) is 31.9 Å². The summed E-state index contributed by atoms with van der Waals surface area (Å²) < 4.78 is 25.5. The summed E-state index contributed by atoms with van der Waals surface area (Å²) in [4.78, 5) is 22.9. The average Bonchev–Trinajstić information content (AvgIpc) is 2.38. The first-order valence-corrected chi connectivity index (χ1v) is 8.50. The van der Waals surface area contributed by atoms with Crippen molar-refractivity contribution in [1.29, 1.82) is 0 Å². The number of sulfone groups is 1. The van der Waals surface area contributed by atoms with Crippen LogP contribution in [-0.4, -0.2) is 25.7 Å². The number of carbonyl (C=O) groups excluding carboxylic acids is 2. The van der Waals surface area contributed by atoms with E-state index in [0.717, 1.165) is 5.56 Å². The van der Waals surface area contributed by atoms with E-state index >= 15 is 0 Å². The summed E-state index contributed by atoms with van der Waals surface area (Å²) in [5, 5.41) is -1.00. The second-order valence-corrected chi connectivity index (χ2v) is 7.93. The third kappa shape index (κ3) is 4.24. The van der Waals surface area contributed by atoms with Crippen LogP contribution in [0.5, 0.6) is 0 Å².